The summed E-state index contributed by atoms with van der Waals surface area (Å²) in [5.41, 5.74) is 1.07. The van der Waals surface area contributed by atoms with Crippen LogP contribution < -0.4 is 10.1 Å². The SMILES string of the molecule is Cc1ccc(CNc2ccc(OCCO)cc2)s1. The maximum Gasteiger partial charge on any atom is 0.119 e. The van der Waals surface area contributed by atoms with Gasteiger partial charge in [0, 0.05) is 22.0 Å². The first kappa shape index (κ1) is 12.9. The average Bonchev–Trinajstić information content (AvgIpc) is 2.81. The molecule has 0 radical (unpaired) electrons. The van der Waals surface area contributed by atoms with Crippen LogP contribution in [-0.4, -0.2) is 18.3 Å². The van der Waals surface area contributed by atoms with Gasteiger partial charge in [0.05, 0.1) is 6.61 Å². The number of rotatable bonds is 6. The van der Waals surface area contributed by atoms with Gasteiger partial charge in [-0.05, 0) is 43.3 Å². The minimum Gasteiger partial charge on any atom is -0.491 e. The second kappa shape index (κ2) is 6.42. The topological polar surface area (TPSA) is 41.5 Å². The quantitative estimate of drug-likeness (QED) is 0.841. The van der Waals surface area contributed by atoms with Crippen LogP contribution in [0.1, 0.15) is 9.75 Å². The van der Waals surface area contributed by atoms with Crippen LogP contribution in [0.4, 0.5) is 5.69 Å². The molecule has 0 saturated carbocycles. The molecule has 0 bridgehead atoms. The van der Waals surface area contributed by atoms with E-state index in [4.69, 9.17) is 9.84 Å². The summed E-state index contributed by atoms with van der Waals surface area (Å²) in [6.45, 7) is 3.33. The molecule has 0 unspecified atom stereocenters. The number of thiophene rings is 1. The lowest BCUT2D eigenvalue weighted by Gasteiger charge is -2.07. The van der Waals surface area contributed by atoms with Gasteiger partial charge < -0.3 is 15.2 Å². The van der Waals surface area contributed by atoms with Crippen LogP contribution in [0.5, 0.6) is 5.75 Å². The summed E-state index contributed by atoms with van der Waals surface area (Å²) in [7, 11) is 0. The zero-order valence-corrected chi connectivity index (χ0v) is 11.2. The summed E-state index contributed by atoms with van der Waals surface area (Å²) in [6, 6.07) is 12.0. The Morgan fingerprint density at radius 3 is 2.56 bits per heavy atom. The smallest absolute Gasteiger partial charge is 0.119 e. The van der Waals surface area contributed by atoms with Crippen molar-refractivity contribution in [3.05, 3.63) is 46.2 Å². The van der Waals surface area contributed by atoms with E-state index in [9.17, 15) is 0 Å². The van der Waals surface area contributed by atoms with Gasteiger partial charge in [-0.2, -0.15) is 0 Å². The van der Waals surface area contributed by atoms with E-state index >= 15 is 0 Å². The molecule has 0 aliphatic carbocycles. The predicted molar refractivity (Wildman–Crippen MR) is 75.4 cm³/mol. The molecule has 4 heteroatoms. The van der Waals surface area contributed by atoms with Crippen molar-refractivity contribution >= 4 is 17.0 Å². The molecule has 2 N–H and O–H groups in total. The molecular formula is C14H17NO2S. The summed E-state index contributed by atoms with van der Waals surface area (Å²) in [5.74, 6) is 0.779. The third-order valence-corrected chi connectivity index (χ3v) is 3.48. The molecule has 0 saturated heterocycles. The van der Waals surface area contributed by atoms with E-state index in [2.05, 4.69) is 24.4 Å². The third kappa shape index (κ3) is 3.75. The molecular weight excluding hydrogens is 246 g/mol. The summed E-state index contributed by atoms with van der Waals surface area (Å²) in [5, 5.41) is 12.0. The lowest BCUT2D eigenvalue weighted by molar-refractivity contribution is 0.201. The van der Waals surface area contributed by atoms with E-state index in [1.165, 1.54) is 9.75 Å². The van der Waals surface area contributed by atoms with Crippen LogP contribution in [-0.2, 0) is 6.54 Å². The number of anilines is 1. The molecule has 18 heavy (non-hydrogen) atoms. The Balaban J connectivity index is 1.86. The van der Waals surface area contributed by atoms with E-state index in [1.807, 2.05) is 24.3 Å². The summed E-state index contributed by atoms with van der Waals surface area (Å²) >= 11 is 1.81. The Labute approximate surface area is 111 Å². The molecule has 0 atom stereocenters. The zero-order valence-electron chi connectivity index (χ0n) is 10.3. The lowest BCUT2D eigenvalue weighted by atomic mass is 10.3. The summed E-state index contributed by atoms with van der Waals surface area (Å²) in [6.07, 6.45) is 0. The molecule has 0 amide bonds. The normalized spacial score (nSPS) is 10.3. The Kier molecular flexibility index (Phi) is 4.61. The van der Waals surface area contributed by atoms with E-state index in [1.54, 1.807) is 11.3 Å². The minimum atomic E-state index is 0.0394. The molecule has 1 aromatic heterocycles. The number of aryl methyl sites for hydroxylation is 1. The van der Waals surface area contributed by atoms with Gasteiger partial charge in [-0.1, -0.05) is 0 Å². The summed E-state index contributed by atoms with van der Waals surface area (Å²) in [4.78, 5) is 2.66. The molecule has 0 spiro atoms. The molecule has 1 heterocycles. The van der Waals surface area contributed by atoms with Crippen molar-refractivity contribution in [1.82, 2.24) is 0 Å². The van der Waals surface area contributed by atoms with Gasteiger partial charge in [0.25, 0.3) is 0 Å². The molecule has 96 valence electrons. The van der Waals surface area contributed by atoms with Crippen LogP contribution in [0.15, 0.2) is 36.4 Å². The fourth-order valence-electron chi connectivity index (χ4n) is 1.60. The molecule has 0 aliphatic rings. The van der Waals surface area contributed by atoms with Crippen LogP contribution in [0.3, 0.4) is 0 Å². The number of benzene rings is 1. The van der Waals surface area contributed by atoms with Crippen molar-refractivity contribution in [2.75, 3.05) is 18.5 Å². The number of aliphatic hydroxyl groups is 1. The first-order chi connectivity index (χ1) is 8.78. The third-order valence-electron chi connectivity index (χ3n) is 2.48. The van der Waals surface area contributed by atoms with Gasteiger partial charge >= 0.3 is 0 Å². The van der Waals surface area contributed by atoms with Crippen LogP contribution in [0, 0.1) is 6.92 Å². The zero-order chi connectivity index (χ0) is 12.8. The number of nitrogens with one attached hydrogen (secondary N) is 1. The van der Waals surface area contributed by atoms with Crippen molar-refractivity contribution in [1.29, 1.82) is 0 Å². The molecule has 1 aromatic carbocycles. The highest BCUT2D eigenvalue weighted by atomic mass is 32.1. The highest BCUT2D eigenvalue weighted by Gasteiger charge is 1.98. The van der Waals surface area contributed by atoms with Gasteiger partial charge in [0.1, 0.15) is 12.4 Å². The van der Waals surface area contributed by atoms with Crippen LogP contribution in [0.25, 0.3) is 0 Å². The highest BCUT2D eigenvalue weighted by Crippen LogP contribution is 2.19. The Hall–Kier alpha value is -1.52. The Morgan fingerprint density at radius 2 is 1.94 bits per heavy atom. The highest BCUT2D eigenvalue weighted by molar-refractivity contribution is 7.11. The largest absolute Gasteiger partial charge is 0.491 e. The van der Waals surface area contributed by atoms with Crippen molar-refractivity contribution < 1.29 is 9.84 Å². The van der Waals surface area contributed by atoms with Crippen molar-refractivity contribution in [2.45, 2.75) is 13.5 Å². The first-order valence-corrected chi connectivity index (χ1v) is 6.72. The maximum atomic E-state index is 8.66. The minimum absolute atomic E-state index is 0.0394. The van der Waals surface area contributed by atoms with Crippen LogP contribution in [0.2, 0.25) is 0 Å². The first-order valence-electron chi connectivity index (χ1n) is 5.91. The van der Waals surface area contributed by atoms with Gasteiger partial charge in [0.15, 0.2) is 0 Å². The van der Waals surface area contributed by atoms with Crippen molar-refractivity contribution in [3.8, 4) is 5.75 Å². The van der Waals surface area contributed by atoms with Gasteiger partial charge in [0.2, 0.25) is 0 Å². The average molecular weight is 263 g/mol. The maximum absolute atomic E-state index is 8.66. The van der Waals surface area contributed by atoms with E-state index in [-0.39, 0.29) is 6.61 Å². The lowest BCUT2D eigenvalue weighted by Crippen LogP contribution is -2.02. The number of hydrogen-bond acceptors (Lipinski definition) is 4. The van der Waals surface area contributed by atoms with Gasteiger partial charge in [-0.15, -0.1) is 11.3 Å². The predicted octanol–water partition coefficient (Wildman–Crippen LogP) is 3.04. The molecule has 2 rings (SSSR count). The number of ether oxygens (including phenoxy) is 1. The van der Waals surface area contributed by atoms with Crippen molar-refractivity contribution in [3.63, 3.8) is 0 Å². The van der Waals surface area contributed by atoms with Crippen molar-refractivity contribution in [2.24, 2.45) is 0 Å². The number of aliphatic hydroxyl groups excluding tert-OH is 1. The van der Waals surface area contributed by atoms with E-state index in [0.717, 1.165) is 18.0 Å². The Morgan fingerprint density at radius 1 is 1.17 bits per heavy atom. The van der Waals surface area contributed by atoms with Gasteiger partial charge in [-0.3, -0.25) is 0 Å². The fourth-order valence-corrected chi connectivity index (χ4v) is 2.43. The van der Waals surface area contributed by atoms with E-state index < -0.39 is 0 Å². The molecule has 3 nitrogen and oxygen atoms in total. The second-order valence-corrected chi connectivity index (χ2v) is 5.33. The van der Waals surface area contributed by atoms with Gasteiger partial charge in [-0.25, -0.2) is 0 Å². The second-order valence-electron chi connectivity index (χ2n) is 3.96. The Bertz CT molecular complexity index is 479. The standard InChI is InChI=1S/C14H17NO2S/c1-11-2-7-14(18-11)10-15-12-3-5-13(6-4-12)17-9-8-16/h2-7,15-16H,8-10H2,1H3. The molecule has 2 aromatic rings. The van der Waals surface area contributed by atoms with E-state index in [0.29, 0.717) is 6.61 Å². The number of hydrogen-bond donors (Lipinski definition) is 2. The van der Waals surface area contributed by atoms with Crippen LogP contribution >= 0.6 is 11.3 Å². The summed E-state index contributed by atoms with van der Waals surface area (Å²) < 4.78 is 5.30. The monoisotopic (exact) mass is 263 g/mol. The molecule has 0 aliphatic heterocycles. The fraction of sp³-hybridized carbons (Fsp3) is 0.286. The molecule has 0 fully saturated rings.